The molecule has 2 N–H and O–H groups in total. The van der Waals surface area contributed by atoms with Crippen molar-refractivity contribution in [2.45, 2.75) is 24.8 Å². The molecule has 2 atom stereocenters. The van der Waals surface area contributed by atoms with Crippen LogP contribution in [0.25, 0.3) is 0 Å². The molecule has 14 heavy (non-hydrogen) atoms. The molecule has 0 aromatic heterocycles. The molecule has 1 aliphatic heterocycles. The number of halogens is 3. The lowest BCUT2D eigenvalue weighted by molar-refractivity contribution is -0.391. The molecule has 0 saturated carbocycles. The number of hydrogen-bond donors (Lipinski definition) is 2. The summed E-state index contributed by atoms with van der Waals surface area (Å²) < 4.78 is 41.0. The Bertz CT molecular complexity index is 240. The highest BCUT2D eigenvalue weighted by Crippen LogP contribution is 2.41. The Morgan fingerprint density at radius 3 is 2.43 bits per heavy atom. The normalized spacial score (nSPS) is 34.1. The quantitative estimate of drug-likeness (QED) is 0.675. The molecule has 7 heteroatoms. The van der Waals surface area contributed by atoms with Gasteiger partial charge in [0, 0.05) is 0 Å². The molecule has 0 aromatic carbocycles. The molecule has 0 amide bonds. The van der Waals surface area contributed by atoms with E-state index in [0.29, 0.717) is 0 Å². The number of aliphatic hydroxyl groups is 1. The highest BCUT2D eigenvalue weighted by atomic mass is 19.4. The molecule has 2 unspecified atom stereocenters. The van der Waals surface area contributed by atoms with Crippen molar-refractivity contribution in [2.75, 3.05) is 6.61 Å². The summed E-state index contributed by atoms with van der Waals surface area (Å²) in [5.41, 5.74) is 0. The number of hydrogen-bond acceptors (Lipinski definition) is 3. The predicted octanol–water partition coefficient (Wildman–Crippen LogP) is 0.748. The largest absolute Gasteiger partial charge is 0.481 e. The van der Waals surface area contributed by atoms with Crippen molar-refractivity contribution in [1.29, 1.82) is 0 Å². The molecule has 0 radical (unpaired) electrons. The summed E-state index contributed by atoms with van der Waals surface area (Å²) in [6.07, 6.45) is -5.14. The standard InChI is InChI=1S/C7H9F3O4/c8-7(9,10)6(13)4(5(11)12)2-1-3-14-6/h4,13H,1-3H2,(H,11,12). The van der Waals surface area contributed by atoms with Gasteiger partial charge < -0.3 is 14.9 Å². The summed E-state index contributed by atoms with van der Waals surface area (Å²) in [5.74, 6) is -7.20. The molecule has 1 saturated heterocycles. The second-order valence-electron chi connectivity index (χ2n) is 3.08. The SMILES string of the molecule is O=C(O)C1CCCOC1(O)C(F)(F)F. The second kappa shape index (κ2) is 3.39. The third-order valence-corrected chi connectivity index (χ3v) is 2.14. The van der Waals surface area contributed by atoms with E-state index >= 15 is 0 Å². The average Bonchev–Trinajstić information content (AvgIpc) is 2.02. The molecular formula is C7H9F3O4. The molecular weight excluding hydrogens is 205 g/mol. The molecule has 0 aromatic rings. The van der Waals surface area contributed by atoms with Gasteiger partial charge in [0.15, 0.2) is 0 Å². The highest BCUT2D eigenvalue weighted by Gasteiger charge is 2.63. The first-order chi connectivity index (χ1) is 6.29. The lowest BCUT2D eigenvalue weighted by atomic mass is 9.90. The van der Waals surface area contributed by atoms with Crippen LogP contribution >= 0.6 is 0 Å². The van der Waals surface area contributed by atoms with Crippen LogP contribution in [0.15, 0.2) is 0 Å². The smallest absolute Gasteiger partial charge is 0.443 e. The number of ether oxygens (including phenoxy) is 1. The van der Waals surface area contributed by atoms with E-state index < -0.39 is 23.9 Å². The van der Waals surface area contributed by atoms with Crippen LogP contribution in [0, 0.1) is 5.92 Å². The minimum absolute atomic E-state index is 0.190. The fourth-order valence-electron chi connectivity index (χ4n) is 1.38. The molecule has 1 fully saturated rings. The lowest BCUT2D eigenvalue weighted by Crippen LogP contribution is -2.58. The highest BCUT2D eigenvalue weighted by molar-refractivity contribution is 5.71. The van der Waals surface area contributed by atoms with E-state index in [1.54, 1.807) is 0 Å². The summed E-state index contributed by atoms with van der Waals surface area (Å²) in [4.78, 5) is 10.5. The summed E-state index contributed by atoms with van der Waals surface area (Å²) in [7, 11) is 0. The van der Waals surface area contributed by atoms with Gasteiger partial charge >= 0.3 is 12.1 Å². The Morgan fingerprint density at radius 2 is 2.07 bits per heavy atom. The third-order valence-electron chi connectivity index (χ3n) is 2.14. The number of aliphatic carboxylic acids is 1. The summed E-state index contributed by atoms with van der Waals surface area (Å²) in [5, 5.41) is 17.6. The van der Waals surface area contributed by atoms with E-state index in [9.17, 15) is 18.0 Å². The monoisotopic (exact) mass is 214 g/mol. The fourth-order valence-corrected chi connectivity index (χ4v) is 1.38. The molecule has 1 rings (SSSR count). The van der Waals surface area contributed by atoms with E-state index in [1.807, 2.05) is 0 Å². The molecule has 1 aliphatic rings. The van der Waals surface area contributed by atoms with Crippen LogP contribution in [0.3, 0.4) is 0 Å². The van der Waals surface area contributed by atoms with Crippen LogP contribution < -0.4 is 0 Å². The van der Waals surface area contributed by atoms with Gasteiger partial charge in [-0.2, -0.15) is 13.2 Å². The Hall–Kier alpha value is -0.820. The van der Waals surface area contributed by atoms with Gasteiger partial charge in [-0.15, -0.1) is 0 Å². The summed E-state index contributed by atoms with van der Waals surface area (Å²) in [6.45, 7) is -0.292. The van der Waals surface area contributed by atoms with Crippen molar-refractivity contribution in [3.8, 4) is 0 Å². The zero-order chi connectivity index (χ0) is 11.0. The lowest BCUT2D eigenvalue weighted by Gasteiger charge is -2.38. The van der Waals surface area contributed by atoms with Crippen LogP contribution in [-0.2, 0) is 9.53 Å². The molecule has 82 valence electrons. The van der Waals surface area contributed by atoms with Crippen molar-refractivity contribution in [2.24, 2.45) is 5.92 Å². The van der Waals surface area contributed by atoms with Gasteiger partial charge in [-0.1, -0.05) is 0 Å². The third kappa shape index (κ3) is 1.69. The van der Waals surface area contributed by atoms with Gasteiger partial charge in [0.2, 0.25) is 0 Å². The first kappa shape index (κ1) is 11.3. The summed E-state index contributed by atoms with van der Waals surface area (Å²) >= 11 is 0. The van der Waals surface area contributed by atoms with Crippen molar-refractivity contribution in [3.63, 3.8) is 0 Å². The van der Waals surface area contributed by atoms with E-state index in [2.05, 4.69) is 4.74 Å². The molecule has 4 nitrogen and oxygen atoms in total. The van der Waals surface area contributed by atoms with E-state index in [4.69, 9.17) is 10.2 Å². The fraction of sp³-hybridized carbons (Fsp3) is 0.857. The maximum absolute atomic E-state index is 12.3. The van der Waals surface area contributed by atoms with Crippen LogP contribution in [-0.4, -0.2) is 34.8 Å². The van der Waals surface area contributed by atoms with Gasteiger partial charge in [-0.3, -0.25) is 4.79 Å². The topological polar surface area (TPSA) is 66.8 Å². The number of carbonyl (C=O) groups is 1. The Morgan fingerprint density at radius 1 is 1.50 bits per heavy atom. The van der Waals surface area contributed by atoms with Crippen molar-refractivity contribution >= 4 is 5.97 Å². The Kier molecular flexibility index (Phi) is 2.73. The average molecular weight is 214 g/mol. The number of carboxylic acid groups (broad SMARTS) is 1. The minimum atomic E-state index is -5.09. The molecule has 0 aliphatic carbocycles. The maximum Gasteiger partial charge on any atom is 0.443 e. The zero-order valence-electron chi connectivity index (χ0n) is 7.04. The molecule has 1 heterocycles. The number of rotatable bonds is 1. The van der Waals surface area contributed by atoms with Crippen LogP contribution in [0.2, 0.25) is 0 Å². The first-order valence-corrected chi connectivity index (χ1v) is 3.95. The van der Waals surface area contributed by atoms with Crippen LogP contribution in [0.4, 0.5) is 13.2 Å². The van der Waals surface area contributed by atoms with Crippen molar-refractivity contribution < 1.29 is 32.9 Å². The first-order valence-electron chi connectivity index (χ1n) is 3.95. The van der Waals surface area contributed by atoms with Gasteiger partial charge in [0.05, 0.1) is 6.61 Å². The van der Waals surface area contributed by atoms with Gasteiger partial charge in [-0.25, -0.2) is 0 Å². The Labute approximate surface area is 77.3 Å². The minimum Gasteiger partial charge on any atom is -0.481 e. The summed E-state index contributed by atoms with van der Waals surface area (Å²) in [6, 6.07) is 0. The van der Waals surface area contributed by atoms with Crippen molar-refractivity contribution in [3.05, 3.63) is 0 Å². The second-order valence-corrected chi connectivity index (χ2v) is 3.08. The van der Waals surface area contributed by atoms with Crippen LogP contribution in [0.1, 0.15) is 12.8 Å². The molecule has 0 spiro atoms. The van der Waals surface area contributed by atoms with E-state index in [1.165, 1.54) is 0 Å². The van der Waals surface area contributed by atoms with Gasteiger partial charge in [0.1, 0.15) is 5.92 Å². The molecule has 0 bridgehead atoms. The predicted molar refractivity (Wildman–Crippen MR) is 37.3 cm³/mol. The van der Waals surface area contributed by atoms with Gasteiger partial charge in [0.25, 0.3) is 5.79 Å². The Balaban J connectivity index is 2.97. The van der Waals surface area contributed by atoms with E-state index in [-0.39, 0.29) is 19.4 Å². The van der Waals surface area contributed by atoms with Crippen LogP contribution in [0.5, 0.6) is 0 Å². The van der Waals surface area contributed by atoms with Gasteiger partial charge in [-0.05, 0) is 12.8 Å². The number of alkyl halides is 3. The number of carboxylic acids is 1. The van der Waals surface area contributed by atoms with Crippen molar-refractivity contribution in [1.82, 2.24) is 0 Å². The van der Waals surface area contributed by atoms with E-state index in [0.717, 1.165) is 0 Å². The zero-order valence-corrected chi connectivity index (χ0v) is 7.04. The maximum atomic E-state index is 12.3.